The van der Waals surface area contributed by atoms with Crippen molar-refractivity contribution < 1.29 is 0 Å². The van der Waals surface area contributed by atoms with Crippen LogP contribution in [0.3, 0.4) is 0 Å². The molecule has 0 aromatic heterocycles. The summed E-state index contributed by atoms with van der Waals surface area (Å²) < 4.78 is 0. The Bertz CT molecular complexity index is 292. The summed E-state index contributed by atoms with van der Waals surface area (Å²) in [5.41, 5.74) is 2.97. The molecule has 1 nitrogen and oxygen atoms in total. The van der Waals surface area contributed by atoms with Crippen molar-refractivity contribution in [3.8, 4) is 0 Å². The first-order valence-corrected chi connectivity index (χ1v) is 5.26. The van der Waals surface area contributed by atoms with E-state index in [1.807, 2.05) is 0 Å². The van der Waals surface area contributed by atoms with Crippen molar-refractivity contribution in [1.82, 2.24) is 4.90 Å². The van der Waals surface area contributed by atoms with E-state index in [4.69, 9.17) is 0 Å². The molecule has 0 fully saturated rings. The predicted octanol–water partition coefficient (Wildman–Crippen LogP) is 3.71. The Morgan fingerprint density at radius 1 is 1.43 bits per heavy atom. The van der Waals surface area contributed by atoms with Crippen molar-refractivity contribution >= 4 is 0 Å². The second-order valence-electron chi connectivity index (χ2n) is 4.57. The van der Waals surface area contributed by atoms with Crippen LogP contribution in [0.25, 0.3) is 0 Å². The fourth-order valence-corrected chi connectivity index (χ4v) is 2.03. The lowest BCUT2D eigenvalue weighted by atomic mass is 9.95. The fourth-order valence-electron chi connectivity index (χ4n) is 2.03. The van der Waals surface area contributed by atoms with Crippen LogP contribution in [0.2, 0.25) is 0 Å². The number of nitrogens with zero attached hydrogens (tertiary/aromatic N) is 1. The van der Waals surface area contributed by atoms with E-state index in [9.17, 15) is 0 Å². The van der Waals surface area contributed by atoms with E-state index in [-0.39, 0.29) is 0 Å². The monoisotopic (exact) mass is 191 g/mol. The molecule has 0 aliphatic carbocycles. The first-order valence-electron chi connectivity index (χ1n) is 5.26. The van der Waals surface area contributed by atoms with E-state index >= 15 is 0 Å². The van der Waals surface area contributed by atoms with Crippen LogP contribution in [0.5, 0.6) is 0 Å². The SMILES string of the molecule is C/C=C\C(=C/C)N1CC(C)(C)C=C1C. The van der Waals surface area contributed by atoms with Crippen LogP contribution in [-0.4, -0.2) is 11.4 Å². The summed E-state index contributed by atoms with van der Waals surface area (Å²) in [5.74, 6) is 0. The molecule has 1 heteroatoms. The molecule has 1 aliphatic heterocycles. The minimum absolute atomic E-state index is 0.305. The van der Waals surface area contributed by atoms with Gasteiger partial charge in [0.25, 0.3) is 0 Å². The van der Waals surface area contributed by atoms with Crippen LogP contribution >= 0.6 is 0 Å². The van der Waals surface area contributed by atoms with Crippen LogP contribution in [0, 0.1) is 5.41 Å². The molecule has 0 amide bonds. The molecule has 0 atom stereocenters. The third-order valence-corrected chi connectivity index (χ3v) is 2.54. The highest BCUT2D eigenvalue weighted by molar-refractivity contribution is 5.27. The summed E-state index contributed by atoms with van der Waals surface area (Å²) in [6.45, 7) is 12.0. The minimum Gasteiger partial charge on any atom is -0.345 e. The van der Waals surface area contributed by atoms with Crippen molar-refractivity contribution in [2.75, 3.05) is 6.54 Å². The smallest absolute Gasteiger partial charge is 0.0361 e. The minimum atomic E-state index is 0.305. The van der Waals surface area contributed by atoms with Gasteiger partial charge in [-0.1, -0.05) is 32.1 Å². The highest BCUT2D eigenvalue weighted by Crippen LogP contribution is 2.33. The van der Waals surface area contributed by atoms with Gasteiger partial charge in [-0.15, -0.1) is 0 Å². The maximum Gasteiger partial charge on any atom is 0.0361 e. The van der Waals surface area contributed by atoms with Crippen LogP contribution in [-0.2, 0) is 0 Å². The van der Waals surface area contributed by atoms with Gasteiger partial charge in [-0.25, -0.2) is 0 Å². The van der Waals surface area contributed by atoms with Gasteiger partial charge in [-0.2, -0.15) is 0 Å². The molecule has 0 saturated carbocycles. The van der Waals surface area contributed by atoms with Gasteiger partial charge in [0, 0.05) is 23.4 Å². The Morgan fingerprint density at radius 3 is 2.43 bits per heavy atom. The summed E-state index contributed by atoms with van der Waals surface area (Å²) in [4.78, 5) is 2.38. The molecule has 0 N–H and O–H groups in total. The van der Waals surface area contributed by atoms with Crippen molar-refractivity contribution in [2.24, 2.45) is 5.41 Å². The van der Waals surface area contributed by atoms with Gasteiger partial charge in [-0.3, -0.25) is 0 Å². The van der Waals surface area contributed by atoms with Crippen molar-refractivity contribution in [1.29, 1.82) is 0 Å². The number of rotatable bonds is 2. The number of allylic oxidation sites excluding steroid dienone is 4. The molecule has 0 unspecified atom stereocenters. The lowest BCUT2D eigenvalue weighted by Crippen LogP contribution is -2.23. The van der Waals surface area contributed by atoms with E-state index in [1.54, 1.807) is 0 Å². The van der Waals surface area contributed by atoms with Gasteiger partial charge >= 0.3 is 0 Å². The molecule has 0 radical (unpaired) electrons. The number of hydrogen-bond acceptors (Lipinski definition) is 1. The first-order chi connectivity index (χ1) is 6.50. The molecule has 0 spiro atoms. The molecular formula is C13H21N. The standard InChI is InChI=1S/C13H21N/c1-6-8-12(7-2)14-10-13(4,5)9-11(14)3/h6-9H,10H2,1-5H3/b8-6-,12-7+. The Morgan fingerprint density at radius 2 is 2.07 bits per heavy atom. The van der Waals surface area contributed by atoms with Crippen LogP contribution in [0.15, 0.2) is 35.7 Å². The molecule has 0 saturated heterocycles. The van der Waals surface area contributed by atoms with Crippen molar-refractivity contribution in [3.63, 3.8) is 0 Å². The second kappa shape index (κ2) is 4.04. The zero-order valence-corrected chi connectivity index (χ0v) is 9.96. The first kappa shape index (κ1) is 11.1. The average molecular weight is 191 g/mol. The maximum atomic E-state index is 2.38. The van der Waals surface area contributed by atoms with Crippen LogP contribution in [0.1, 0.15) is 34.6 Å². The Labute approximate surface area is 87.8 Å². The van der Waals surface area contributed by atoms with Crippen molar-refractivity contribution in [3.05, 3.63) is 35.7 Å². The molecule has 0 bridgehead atoms. The normalized spacial score (nSPS) is 21.9. The molecule has 1 rings (SSSR count). The van der Waals surface area contributed by atoms with E-state index in [0.717, 1.165) is 6.54 Å². The molecule has 1 heterocycles. The predicted molar refractivity (Wildman–Crippen MR) is 62.8 cm³/mol. The van der Waals surface area contributed by atoms with Gasteiger partial charge < -0.3 is 4.90 Å². The van der Waals surface area contributed by atoms with Gasteiger partial charge in [0.05, 0.1) is 0 Å². The fraction of sp³-hybridized carbons (Fsp3) is 0.538. The highest BCUT2D eigenvalue weighted by atomic mass is 15.2. The molecule has 0 aromatic rings. The highest BCUT2D eigenvalue weighted by Gasteiger charge is 2.27. The van der Waals surface area contributed by atoms with E-state index in [0.29, 0.717) is 5.41 Å². The molecule has 0 aromatic carbocycles. The lowest BCUT2D eigenvalue weighted by molar-refractivity contribution is 0.362. The zero-order chi connectivity index (χ0) is 10.8. The molecule has 78 valence electrons. The Kier molecular flexibility index (Phi) is 3.20. The largest absolute Gasteiger partial charge is 0.345 e. The summed E-state index contributed by atoms with van der Waals surface area (Å²) in [6.07, 6.45) is 8.77. The van der Waals surface area contributed by atoms with Crippen molar-refractivity contribution in [2.45, 2.75) is 34.6 Å². The van der Waals surface area contributed by atoms with E-state index < -0.39 is 0 Å². The van der Waals surface area contributed by atoms with Gasteiger partial charge in [0.15, 0.2) is 0 Å². The van der Waals surface area contributed by atoms with Gasteiger partial charge in [0.2, 0.25) is 0 Å². The van der Waals surface area contributed by atoms with Crippen LogP contribution < -0.4 is 0 Å². The van der Waals surface area contributed by atoms with Gasteiger partial charge in [-0.05, 0) is 26.8 Å². The molecule has 1 aliphatic rings. The summed E-state index contributed by atoms with van der Waals surface area (Å²) in [6, 6.07) is 0. The summed E-state index contributed by atoms with van der Waals surface area (Å²) in [7, 11) is 0. The topological polar surface area (TPSA) is 3.24 Å². The van der Waals surface area contributed by atoms with E-state index in [2.05, 4.69) is 63.8 Å². The van der Waals surface area contributed by atoms with E-state index in [1.165, 1.54) is 11.4 Å². The Balaban J connectivity index is 2.88. The third kappa shape index (κ3) is 2.28. The maximum absolute atomic E-state index is 2.38. The average Bonchev–Trinajstić information content (AvgIpc) is 2.35. The molecular weight excluding hydrogens is 170 g/mol. The lowest BCUT2D eigenvalue weighted by Gasteiger charge is -2.24. The quantitative estimate of drug-likeness (QED) is 0.601. The summed E-state index contributed by atoms with van der Waals surface area (Å²) >= 11 is 0. The molecule has 14 heavy (non-hydrogen) atoms. The third-order valence-electron chi connectivity index (χ3n) is 2.54. The van der Waals surface area contributed by atoms with Crippen LogP contribution in [0.4, 0.5) is 0 Å². The second-order valence-corrected chi connectivity index (χ2v) is 4.57. The zero-order valence-electron chi connectivity index (χ0n) is 9.96. The summed E-state index contributed by atoms with van der Waals surface area (Å²) in [5, 5.41) is 0. The van der Waals surface area contributed by atoms with Gasteiger partial charge in [0.1, 0.15) is 0 Å². The number of hydrogen-bond donors (Lipinski definition) is 0. The Hall–Kier alpha value is -0.980.